The molecule has 4 nitrogen and oxygen atoms in total. The number of carbonyl (C=O) groups excluding carboxylic acids is 1. The summed E-state index contributed by atoms with van der Waals surface area (Å²) in [7, 11) is 0. The van der Waals surface area contributed by atoms with Crippen molar-refractivity contribution in [1.82, 2.24) is 10.2 Å². The number of benzene rings is 1. The monoisotopic (exact) mass is 282 g/mol. The molecule has 0 radical (unpaired) electrons. The van der Waals surface area contributed by atoms with E-state index in [1.165, 1.54) is 0 Å². The number of halogens is 1. The number of esters is 1. The Labute approximate surface area is 118 Å². The summed E-state index contributed by atoms with van der Waals surface area (Å²) in [6.45, 7) is 5.69. The standard InChI is InChI=1S/C14H19ClN2O2/c1-2-19-14(18)13(17-9-7-16-8-10-17)11-3-5-12(15)6-4-11/h3-6,13,16H,2,7-10H2,1H3/t13-/m1/s1. The molecule has 1 N–H and O–H groups in total. The van der Waals surface area contributed by atoms with Crippen molar-refractivity contribution < 1.29 is 9.53 Å². The van der Waals surface area contributed by atoms with E-state index in [-0.39, 0.29) is 12.0 Å². The third-order valence-corrected chi connectivity index (χ3v) is 3.46. The molecule has 1 aliphatic rings. The molecular formula is C14H19ClN2O2. The molecule has 0 amide bonds. The van der Waals surface area contributed by atoms with Crippen LogP contribution >= 0.6 is 11.6 Å². The zero-order chi connectivity index (χ0) is 13.7. The Hall–Kier alpha value is -1.10. The van der Waals surface area contributed by atoms with Crippen molar-refractivity contribution in [3.63, 3.8) is 0 Å². The lowest BCUT2D eigenvalue weighted by Crippen LogP contribution is -2.47. The number of hydrogen-bond donors (Lipinski definition) is 1. The predicted octanol–water partition coefficient (Wildman–Crippen LogP) is 1.85. The number of ether oxygens (including phenoxy) is 1. The molecule has 1 aromatic carbocycles. The second-order valence-corrected chi connectivity index (χ2v) is 4.93. The van der Waals surface area contributed by atoms with Crippen LogP contribution in [-0.4, -0.2) is 43.7 Å². The van der Waals surface area contributed by atoms with Crippen molar-refractivity contribution in [3.05, 3.63) is 34.9 Å². The molecule has 0 aromatic heterocycles. The van der Waals surface area contributed by atoms with Crippen LogP contribution in [-0.2, 0) is 9.53 Å². The summed E-state index contributed by atoms with van der Waals surface area (Å²) in [4.78, 5) is 14.4. The fraction of sp³-hybridized carbons (Fsp3) is 0.500. The van der Waals surface area contributed by atoms with Gasteiger partial charge in [-0.1, -0.05) is 23.7 Å². The average Bonchev–Trinajstić information content (AvgIpc) is 2.43. The second-order valence-electron chi connectivity index (χ2n) is 4.49. The van der Waals surface area contributed by atoms with Gasteiger partial charge < -0.3 is 10.1 Å². The Morgan fingerprint density at radius 2 is 2.00 bits per heavy atom. The van der Waals surface area contributed by atoms with E-state index >= 15 is 0 Å². The molecule has 1 heterocycles. The Morgan fingerprint density at radius 3 is 2.58 bits per heavy atom. The Kier molecular flexibility index (Phi) is 5.19. The zero-order valence-corrected chi connectivity index (χ0v) is 11.8. The van der Waals surface area contributed by atoms with Gasteiger partial charge in [-0.2, -0.15) is 0 Å². The lowest BCUT2D eigenvalue weighted by molar-refractivity contribution is -0.150. The highest BCUT2D eigenvalue weighted by Crippen LogP contribution is 2.24. The first-order valence-corrected chi connectivity index (χ1v) is 6.97. The van der Waals surface area contributed by atoms with Gasteiger partial charge in [-0.05, 0) is 24.6 Å². The molecule has 0 aliphatic carbocycles. The predicted molar refractivity (Wildman–Crippen MR) is 75.3 cm³/mol. The molecule has 0 unspecified atom stereocenters. The summed E-state index contributed by atoms with van der Waals surface area (Å²) in [6, 6.07) is 7.08. The van der Waals surface area contributed by atoms with Gasteiger partial charge in [0.2, 0.25) is 0 Å². The first kappa shape index (κ1) is 14.3. The lowest BCUT2D eigenvalue weighted by Gasteiger charge is -2.33. The first-order chi connectivity index (χ1) is 9.22. The van der Waals surface area contributed by atoms with Crippen LogP contribution in [0.2, 0.25) is 5.02 Å². The Morgan fingerprint density at radius 1 is 1.37 bits per heavy atom. The number of nitrogens with one attached hydrogen (secondary N) is 1. The first-order valence-electron chi connectivity index (χ1n) is 6.59. The van der Waals surface area contributed by atoms with E-state index in [2.05, 4.69) is 10.2 Å². The summed E-state index contributed by atoms with van der Waals surface area (Å²) in [6.07, 6.45) is 0. The maximum absolute atomic E-state index is 12.2. The van der Waals surface area contributed by atoms with Gasteiger partial charge in [0.25, 0.3) is 0 Å². The van der Waals surface area contributed by atoms with Crippen LogP contribution < -0.4 is 5.32 Å². The molecule has 1 aromatic rings. The summed E-state index contributed by atoms with van der Waals surface area (Å²) in [5.74, 6) is -0.188. The summed E-state index contributed by atoms with van der Waals surface area (Å²) < 4.78 is 5.21. The van der Waals surface area contributed by atoms with Crippen molar-refractivity contribution in [1.29, 1.82) is 0 Å². The normalized spacial score (nSPS) is 18.0. The van der Waals surface area contributed by atoms with Gasteiger partial charge in [-0.25, -0.2) is 4.79 Å². The van der Waals surface area contributed by atoms with Crippen LogP contribution in [0.25, 0.3) is 0 Å². The fourth-order valence-electron chi connectivity index (χ4n) is 2.30. The third kappa shape index (κ3) is 3.69. The third-order valence-electron chi connectivity index (χ3n) is 3.21. The number of rotatable bonds is 4. The fourth-order valence-corrected chi connectivity index (χ4v) is 2.43. The van der Waals surface area contributed by atoms with E-state index in [0.717, 1.165) is 31.7 Å². The van der Waals surface area contributed by atoms with Gasteiger partial charge in [0.15, 0.2) is 0 Å². The number of nitrogens with zero attached hydrogens (tertiary/aromatic N) is 1. The maximum Gasteiger partial charge on any atom is 0.328 e. The topological polar surface area (TPSA) is 41.6 Å². The van der Waals surface area contributed by atoms with Crippen LogP contribution in [0.5, 0.6) is 0 Å². The minimum atomic E-state index is -0.334. The summed E-state index contributed by atoms with van der Waals surface area (Å²) >= 11 is 5.90. The molecule has 1 saturated heterocycles. The van der Waals surface area contributed by atoms with Crippen molar-refractivity contribution in [3.8, 4) is 0 Å². The molecule has 104 valence electrons. The van der Waals surface area contributed by atoms with Gasteiger partial charge in [0.05, 0.1) is 6.61 Å². The van der Waals surface area contributed by atoms with E-state index in [1.54, 1.807) is 0 Å². The molecule has 0 spiro atoms. The van der Waals surface area contributed by atoms with Gasteiger partial charge in [-0.3, -0.25) is 4.90 Å². The summed E-state index contributed by atoms with van der Waals surface area (Å²) in [5.41, 5.74) is 0.935. The summed E-state index contributed by atoms with van der Waals surface area (Å²) in [5, 5.41) is 3.96. The van der Waals surface area contributed by atoms with Crippen molar-refractivity contribution in [2.24, 2.45) is 0 Å². The molecular weight excluding hydrogens is 264 g/mol. The van der Waals surface area contributed by atoms with Gasteiger partial charge in [-0.15, -0.1) is 0 Å². The Bertz CT molecular complexity index is 416. The van der Waals surface area contributed by atoms with Crippen LogP contribution in [0.3, 0.4) is 0 Å². The van der Waals surface area contributed by atoms with Crippen LogP contribution in [0.4, 0.5) is 0 Å². The molecule has 0 saturated carbocycles. The highest BCUT2D eigenvalue weighted by Gasteiger charge is 2.29. The molecule has 5 heteroatoms. The quantitative estimate of drug-likeness (QED) is 0.856. The highest BCUT2D eigenvalue weighted by atomic mass is 35.5. The number of piperazine rings is 1. The van der Waals surface area contributed by atoms with Gasteiger partial charge in [0, 0.05) is 31.2 Å². The van der Waals surface area contributed by atoms with E-state index < -0.39 is 0 Å². The molecule has 2 rings (SSSR count). The van der Waals surface area contributed by atoms with E-state index in [9.17, 15) is 4.79 Å². The van der Waals surface area contributed by atoms with Crippen molar-refractivity contribution in [2.45, 2.75) is 13.0 Å². The minimum absolute atomic E-state index is 0.188. The van der Waals surface area contributed by atoms with E-state index in [0.29, 0.717) is 11.6 Å². The maximum atomic E-state index is 12.2. The number of carbonyl (C=O) groups is 1. The highest BCUT2D eigenvalue weighted by molar-refractivity contribution is 6.30. The SMILES string of the molecule is CCOC(=O)[C@@H](c1ccc(Cl)cc1)N1CCNCC1. The van der Waals surface area contributed by atoms with Crippen LogP contribution in [0.1, 0.15) is 18.5 Å². The second kappa shape index (κ2) is 6.89. The molecule has 0 bridgehead atoms. The number of hydrogen-bond acceptors (Lipinski definition) is 4. The minimum Gasteiger partial charge on any atom is -0.465 e. The zero-order valence-electron chi connectivity index (χ0n) is 11.1. The molecule has 1 aliphatic heterocycles. The van der Waals surface area contributed by atoms with Crippen LogP contribution in [0.15, 0.2) is 24.3 Å². The Balaban J connectivity index is 2.22. The largest absolute Gasteiger partial charge is 0.465 e. The van der Waals surface area contributed by atoms with E-state index in [4.69, 9.17) is 16.3 Å². The molecule has 19 heavy (non-hydrogen) atoms. The van der Waals surface area contributed by atoms with E-state index in [1.807, 2.05) is 31.2 Å². The molecule has 1 atom stereocenters. The van der Waals surface area contributed by atoms with Gasteiger partial charge >= 0.3 is 5.97 Å². The molecule has 1 fully saturated rings. The van der Waals surface area contributed by atoms with Crippen molar-refractivity contribution in [2.75, 3.05) is 32.8 Å². The van der Waals surface area contributed by atoms with Crippen molar-refractivity contribution >= 4 is 17.6 Å². The van der Waals surface area contributed by atoms with Crippen LogP contribution in [0, 0.1) is 0 Å². The lowest BCUT2D eigenvalue weighted by atomic mass is 10.0. The smallest absolute Gasteiger partial charge is 0.328 e. The van der Waals surface area contributed by atoms with Gasteiger partial charge in [0.1, 0.15) is 6.04 Å². The average molecular weight is 283 g/mol.